The summed E-state index contributed by atoms with van der Waals surface area (Å²) < 4.78 is 4.23. The number of benzene rings is 1. The summed E-state index contributed by atoms with van der Waals surface area (Å²) in [5.41, 5.74) is 3.29. The van der Waals surface area contributed by atoms with Crippen molar-refractivity contribution in [2.24, 2.45) is 10.9 Å². The zero-order valence-electron chi connectivity index (χ0n) is 15.3. The molecule has 0 radical (unpaired) electrons. The number of pyridine rings is 1. The molecule has 0 amide bonds. The third kappa shape index (κ3) is 4.11. The van der Waals surface area contributed by atoms with Crippen molar-refractivity contribution in [2.45, 2.75) is 26.4 Å². The molecule has 0 bridgehead atoms. The van der Waals surface area contributed by atoms with Gasteiger partial charge in [-0.2, -0.15) is 0 Å². The molecule has 0 aliphatic heterocycles. The molecule has 4 rings (SSSR count). The summed E-state index contributed by atoms with van der Waals surface area (Å²) in [7, 11) is 0. The van der Waals surface area contributed by atoms with Crippen LogP contribution in [0, 0.1) is 5.92 Å². The molecule has 1 atom stereocenters. The number of hydrogen-bond acceptors (Lipinski definition) is 4. The summed E-state index contributed by atoms with van der Waals surface area (Å²) in [4.78, 5) is 8.80. The molecule has 1 aromatic carbocycles. The zero-order chi connectivity index (χ0) is 18.5. The summed E-state index contributed by atoms with van der Waals surface area (Å²) in [6.07, 6.45) is 10.4. The lowest BCUT2D eigenvalue weighted by Crippen LogP contribution is -2.07. The van der Waals surface area contributed by atoms with E-state index in [0.717, 1.165) is 24.3 Å². The maximum Gasteiger partial charge on any atom is 0.123 e. The van der Waals surface area contributed by atoms with Crippen LogP contribution in [0.2, 0.25) is 0 Å². The first-order chi connectivity index (χ1) is 13.3. The second kappa shape index (κ2) is 7.95. The predicted octanol–water partition coefficient (Wildman–Crippen LogP) is 3.91. The molecule has 27 heavy (non-hydrogen) atoms. The lowest BCUT2D eigenvalue weighted by molar-refractivity contribution is 0.511. The highest BCUT2D eigenvalue weighted by atomic mass is 15.2. The first-order valence-electron chi connectivity index (χ1n) is 9.12. The minimum Gasteiger partial charge on any atom is -0.347 e. The molecule has 0 fully saturated rings. The number of fused-ring (bicyclic) bond motifs is 1. The van der Waals surface area contributed by atoms with E-state index in [9.17, 15) is 0 Å². The second-order valence-electron chi connectivity index (χ2n) is 6.77. The zero-order valence-corrected chi connectivity index (χ0v) is 15.3. The number of hydrogen-bond donors (Lipinski definition) is 0. The molecule has 0 saturated heterocycles. The Morgan fingerprint density at radius 3 is 2.81 bits per heavy atom. The Morgan fingerprint density at radius 2 is 2.00 bits per heavy atom. The van der Waals surface area contributed by atoms with Crippen molar-refractivity contribution >= 4 is 17.1 Å². The summed E-state index contributed by atoms with van der Waals surface area (Å²) >= 11 is 0. The summed E-state index contributed by atoms with van der Waals surface area (Å²) in [5, 5.41) is 9.01. The molecule has 1 unspecified atom stereocenters. The van der Waals surface area contributed by atoms with Gasteiger partial charge in [0.25, 0.3) is 0 Å². The van der Waals surface area contributed by atoms with Crippen LogP contribution in [0.3, 0.4) is 0 Å². The highest BCUT2D eigenvalue weighted by molar-refractivity contribution is 5.82. The van der Waals surface area contributed by atoms with Crippen LogP contribution in [0.15, 0.2) is 72.5 Å². The van der Waals surface area contributed by atoms with Gasteiger partial charge in [-0.15, -0.1) is 10.2 Å². The molecule has 0 spiro atoms. The molecule has 0 aliphatic carbocycles. The Labute approximate surface area is 158 Å². The van der Waals surface area contributed by atoms with Crippen molar-refractivity contribution in [1.82, 2.24) is 24.3 Å². The van der Waals surface area contributed by atoms with Gasteiger partial charge in [0.15, 0.2) is 0 Å². The molecule has 4 aromatic rings. The number of nitrogens with zero attached hydrogens (tertiary/aromatic N) is 6. The first-order valence-corrected chi connectivity index (χ1v) is 9.12. The van der Waals surface area contributed by atoms with Gasteiger partial charge in [0.05, 0.1) is 23.4 Å². The van der Waals surface area contributed by atoms with Crippen molar-refractivity contribution in [1.29, 1.82) is 0 Å². The fourth-order valence-corrected chi connectivity index (χ4v) is 3.14. The van der Waals surface area contributed by atoms with Crippen LogP contribution in [0.5, 0.6) is 0 Å². The van der Waals surface area contributed by atoms with Crippen molar-refractivity contribution in [3.05, 3.63) is 73.2 Å². The van der Waals surface area contributed by atoms with Gasteiger partial charge in [0.1, 0.15) is 12.7 Å². The highest BCUT2D eigenvalue weighted by Crippen LogP contribution is 2.21. The smallest absolute Gasteiger partial charge is 0.123 e. The Balaban J connectivity index is 1.41. The Hall–Kier alpha value is -3.28. The number of rotatable bonds is 7. The number of aliphatic imine (C=N–C) groups is 1. The lowest BCUT2D eigenvalue weighted by atomic mass is 10.1. The number of aromatic nitrogens is 5. The first kappa shape index (κ1) is 17.1. The van der Waals surface area contributed by atoms with E-state index in [1.807, 2.05) is 29.0 Å². The van der Waals surface area contributed by atoms with E-state index in [1.54, 1.807) is 18.9 Å². The third-order valence-electron chi connectivity index (χ3n) is 4.60. The fourth-order valence-electron chi connectivity index (χ4n) is 3.14. The quantitative estimate of drug-likeness (QED) is 0.471. The molecular weight excluding hydrogens is 336 g/mol. The van der Waals surface area contributed by atoms with E-state index in [2.05, 4.69) is 62.1 Å². The molecule has 0 saturated carbocycles. The van der Waals surface area contributed by atoms with Gasteiger partial charge < -0.3 is 4.57 Å². The van der Waals surface area contributed by atoms with Crippen molar-refractivity contribution in [2.75, 3.05) is 0 Å². The Morgan fingerprint density at radius 1 is 1.11 bits per heavy atom. The van der Waals surface area contributed by atoms with E-state index in [0.29, 0.717) is 12.5 Å². The van der Waals surface area contributed by atoms with Gasteiger partial charge in [-0.3, -0.25) is 14.5 Å². The summed E-state index contributed by atoms with van der Waals surface area (Å²) in [6.45, 7) is 3.84. The molecule has 6 nitrogen and oxygen atoms in total. The summed E-state index contributed by atoms with van der Waals surface area (Å²) in [5.74, 6) is 0.492. The van der Waals surface area contributed by atoms with Gasteiger partial charge in [0, 0.05) is 18.9 Å². The molecule has 0 aliphatic rings. The maximum absolute atomic E-state index is 4.51. The van der Waals surface area contributed by atoms with E-state index in [1.165, 1.54) is 10.9 Å². The van der Waals surface area contributed by atoms with Gasteiger partial charge in [-0.25, -0.2) is 0 Å². The van der Waals surface area contributed by atoms with Gasteiger partial charge >= 0.3 is 0 Å². The van der Waals surface area contributed by atoms with Gasteiger partial charge in [-0.05, 0) is 54.3 Å². The minimum absolute atomic E-state index is 0.492. The molecule has 0 N–H and O–H groups in total. The van der Waals surface area contributed by atoms with E-state index < -0.39 is 0 Å². The van der Waals surface area contributed by atoms with E-state index >= 15 is 0 Å². The minimum atomic E-state index is 0.492. The average Bonchev–Trinajstić information content (AvgIpc) is 3.36. The molecule has 3 heterocycles. The highest BCUT2D eigenvalue weighted by Gasteiger charge is 2.07. The van der Waals surface area contributed by atoms with Crippen LogP contribution in [0.25, 0.3) is 16.6 Å². The van der Waals surface area contributed by atoms with E-state index in [-0.39, 0.29) is 0 Å². The van der Waals surface area contributed by atoms with Crippen LogP contribution >= 0.6 is 0 Å². The van der Waals surface area contributed by atoms with Crippen LogP contribution in [0.4, 0.5) is 0 Å². The van der Waals surface area contributed by atoms with Crippen LogP contribution < -0.4 is 0 Å². The largest absolute Gasteiger partial charge is 0.347 e. The maximum atomic E-state index is 4.51. The van der Waals surface area contributed by atoms with Crippen molar-refractivity contribution < 1.29 is 0 Å². The molecule has 6 heteroatoms. The van der Waals surface area contributed by atoms with Crippen LogP contribution in [-0.4, -0.2) is 30.5 Å². The average molecular weight is 358 g/mol. The van der Waals surface area contributed by atoms with Crippen LogP contribution in [0.1, 0.15) is 19.0 Å². The molecular formula is C21H22N6. The Kier molecular flexibility index (Phi) is 5.05. The van der Waals surface area contributed by atoms with E-state index in [4.69, 9.17) is 0 Å². The SMILES string of the molecule is CC(CC=NCc1ccccn1)Cn1ccc2ccc(-n3cnnc3)cc21. The second-order valence-corrected chi connectivity index (χ2v) is 6.77. The topological polar surface area (TPSA) is 60.9 Å². The molecule has 3 aromatic heterocycles. The summed E-state index contributed by atoms with van der Waals surface area (Å²) in [6, 6.07) is 14.5. The lowest BCUT2D eigenvalue weighted by Gasteiger charge is -2.12. The van der Waals surface area contributed by atoms with Crippen molar-refractivity contribution in [3.8, 4) is 5.69 Å². The van der Waals surface area contributed by atoms with Crippen LogP contribution in [-0.2, 0) is 13.1 Å². The standard InChI is InChI=1S/C21H22N6/c1-17(7-10-22-13-19-4-2-3-9-23-19)14-26-11-8-18-5-6-20(12-21(18)26)27-15-24-25-16-27/h2-6,8-12,15-17H,7,13-14H2,1H3. The Bertz CT molecular complexity index is 1020. The van der Waals surface area contributed by atoms with Crippen molar-refractivity contribution in [3.63, 3.8) is 0 Å². The third-order valence-corrected chi connectivity index (χ3v) is 4.60. The van der Waals surface area contributed by atoms with Gasteiger partial charge in [0.2, 0.25) is 0 Å². The normalized spacial score (nSPS) is 12.8. The molecule has 136 valence electrons. The monoisotopic (exact) mass is 358 g/mol. The van der Waals surface area contributed by atoms with Gasteiger partial charge in [-0.1, -0.05) is 19.1 Å². The predicted molar refractivity (Wildman–Crippen MR) is 107 cm³/mol. The fraction of sp³-hybridized carbons (Fsp3) is 0.238.